The summed E-state index contributed by atoms with van der Waals surface area (Å²) < 4.78 is 18.5. The summed E-state index contributed by atoms with van der Waals surface area (Å²) >= 11 is 0. The molecule has 230 valence electrons. The van der Waals surface area contributed by atoms with Crippen molar-refractivity contribution in [3.8, 4) is 17.2 Å². The standard InChI is InChI=1S/C36H36N2O6Si/c1-22-33(45(3,4)25-16-14-24(42-2)15-17-25)32(19-20-39)44-36(22)27-21-23(13-18-28(27)37-35(36)41)38-29-10-6-8-12-31(29)43-30-11-7-5-9-26(30)34(38)40/h5-18,21-22,32-33,39H,19-20H2,1-4H3,(H,37,41)/t22-,32+,33-,36+/m0/s1. The number of fused-ring (bicyclic) bond motifs is 4. The van der Waals surface area contributed by atoms with Gasteiger partial charge in [-0.2, -0.15) is 0 Å². The van der Waals surface area contributed by atoms with E-state index in [0.717, 1.165) is 5.75 Å². The molecule has 1 spiro atoms. The zero-order valence-corrected chi connectivity index (χ0v) is 26.7. The van der Waals surface area contributed by atoms with Crippen LogP contribution in [0.4, 0.5) is 17.1 Å². The van der Waals surface area contributed by atoms with Gasteiger partial charge in [-0.25, -0.2) is 0 Å². The smallest absolute Gasteiger partial charge is 0.266 e. The van der Waals surface area contributed by atoms with Crippen molar-refractivity contribution < 1.29 is 28.9 Å². The lowest BCUT2D eigenvalue weighted by Crippen LogP contribution is -2.51. The van der Waals surface area contributed by atoms with E-state index in [1.165, 1.54) is 5.19 Å². The third-order valence-electron chi connectivity index (χ3n) is 9.89. The highest BCUT2D eigenvalue weighted by atomic mass is 28.3. The molecule has 1 saturated heterocycles. The number of rotatable bonds is 6. The molecule has 8 nitrogen and oxygen atoms in total. The first kappa shape index (κ1) is 29.3. The maximum absolute atomic E-state index is 14.2. The number of methoxy groups -OCH3 is 1. The third kappa shape index (κ3) is 4.40. The molecule has 0 radical (unpaired) electrons. The van der Waals surface area contributed by atoms with Crippen LogP contribution >= 0.6 is 0 Å². The van der Waals surface area contributed by atoms with Crippen LogP contribution in [0.5, 0.6) is 17.2 Å². The number of amides is 2. The van der Waals surface area contributed by atoms with Gasteiger partial charge < -0.3 is 24.6 Å². The predicted octanol–water partition coefficient (Wildman–Crippen LogP) is 6.33. The average Bonchev–Trinajstić information content (AvgIpc) is 3.45. The largest absolute Gasteiger partial charge is 0.497 e. The molecule has 7 rings (SSSR count). The van der Waals surface area contributed by atoms with Crippen LogP contribution in [0.25, 0.3) is 0 Å². The van der Waals surface area contributed by atoms with Crippen molar-refractivity contribution in [3.05, 3.63) is 102 Å². The Morgan fingerprint density at radius 1 is 0.956 bits per heavy atom. The van der Waals surface area contributed by atoms with Crippen LogP contribution in [-0.2, 0) is 15.1 Å². The van der Waals surface area contributed by atoms with Gasteiger partial charge in [0.15, 0.2) is 11.4 Å². The van der Waals surface area contributed by atoms with E-state index < -0.39 is 13.7 Å². The Hall–Kier alpha value is -4.44. The molecule has 2 N–H and O–H groups in total. The van der Waals surface area contributed by atoms with Crippen molar-refractivity contribution in [1.82, 2.24) is 0 Å². The molecule has 2 amide bonds. The predicted molar refractivity (Wildman–Crippen MR) is 176 cm³/mol. The summed E-state index contributed by atoms with van der Waals surface area (Å²) in [6.07, 6.45) is 0.0764. The van der Waals surface area contributed by atoms with Gasteiger partial charge in [0, 0.05) is 29.5 Å². The van der Waals surface area contributed by atoms with Crippen molar-refractivity contribution in [2.24, 2.45) is 5.92 Å². The normalized spacial score (nSPS) is 23.6. The fourth-order valence-corrected chi connectivity index (χ4v) is 11.8. The number of carbonyl (C=O) groups excluding carboxylic acids is 2. The van der Waals surface area contributed by atoms with E-state index in [4.69, 9.17) is 14.2 Å². The Morgan fingerprint density at radius 3 is 2.40 bits per heavy atom. The minimum atomic E-state index is -2.29. The molecule has 9 heteroatoms. The molecular weight excluding hydrogens is 584 g/mol. The molecule has 4 atom stereocenters. The second-order valence-corrected chi connectivity index (χ2v) is 17.2. The number of nitrogens with zero attached hydrogens (tertiary/aromatic N) is 1. The first-order valence-electron chi connectivity index (χ1n) is 15.3. The van der Waals surface area contributed by atoms with Crippen LogP contribution in [0.2, 0.25) is 18.6 Å². The van der Waals surface area contributed by atoms with Crippen molar-refractivity contribution in [3.63, 3.8) is 0 Å². The lowest BCUT2D eigenvalue weighted by molar-refractivity contribution is -0.143. The Balaban J connectivity index is 1.35. The number of aliphatic hydroxyl groups is 1. The summed E-state index contributed by atoms with van der Waals surface area (Å²) in [7, 11) is -0.641. The number of ether oxygens (including phenoxy) is 3. The first-order valence-corrected chi connectivity index (χ1v) is 18.4. The maximum atomic E-state index is 14.2. The molecule has 0 aliphatic carbocycles. The molecule has 0 aromatic heterocycles. The highest BCUT2D eigenvalue weighted by molar-refractivity contribution is 6.91. The second-order valence-electron chi connectivity index (χ2n) is 12.6. The summed E-state index contributed by atoms with van der Waals surface area (Å²) in [5.41, 5.74) is 1.75. The summed E-state index contributed by atoms with van der Waals surface area (Å²) in [6, 6.07) is 28.4. The first-order chi connectivity index (χ1) is 21.7. The molecule has 3 heterocycles. The molecule has 4 aromatic carbocycles. The zero-order chi connectivity index (χ0) is 31.5. The van der Waals surface area contributed by atoms with Crippen LogP contribution in [0.15, 0.2) is 91.0 Å². The van der Waals surface area contributed by atoms with Crippen molar-refractivity contribution >= 4 is 42.1 Å². The van der Waals surface area contributed by atoms with Crippen LogP contribution in [0, 0.1) is 5.92 Å². The van der Waals surface area contributed by atoms with Crippen LogP contribution < -0.4 is 24.9 Å². The number of hydrogen-bond acceptors (Lipinski definition) is 6. The third-order valence-corrected chi connectivity index (χ3v) is 14.3. The van der Waals surface area contributed by atoms with Crippen molar-refractivity contribution in [2.75, 3.05) is 23.9 Å². The van der Waals surface area contributed by atoms with E-state index in [0.29, 0.717) is 46.1 Å². The zero-order valence-electron chi connectivity index (χ0n) is 25.7. The molecule has 3 aliphatic heterocycles. The van der Waals surface area contributed by atoms with E-state index in [1.807, 2.05) is 66.7 Å². The number of anilines is 3. The minimum Gasteiger partial charge on any atom is -0.497 e. The fraction of sp³-hybridized carbons (Fsp3) is 0.278. The van der Waals surface area contributed by atoms with Gasteiger partial charge in [0.05, 0.1) is 32.5 Å². The monoisotopic (exact) mass is 620 g/mol. The number of para-hydroxylation sites is 3. The van der Waals surface area contributed by atoms with Crippen LogP contribution in [0.3, 0.4) is 0 Å². The topological polar surface area (TPSA) is 97.3 Å². The van der Waals surface area contributed by atoms with Crippen LogP contribution in [-0.4, -0.2) is 44.8 Å². The molecule has 45 heavy (non-hydrogen) atoms. The van der Waals surface area contributed by atoms with Crippen molar-refractivity contribution in [2.45, 2.75) is 43.7 Å². The van der Waals surface area contributed by atoms with Crippen molar-refractivity contribution in [1.29, 1.82) is 0 Å². The average molecular weight is 621 g/mol. The highest BCUT2D eigenvalue weighted by Crippen LogP contribution is 2.59. The van der Waals surface area contributed by atoms with E-state index in [1.54, 1.807) is 24.1 Å². The number of nitrogens with one attached hydrogen (secondary N) is 1. The minimum absolute atomic E-state index is 0.0132. The van der Waals surface area contributed by atoms with Gasteiger partial charge in [0.2, 0.25) is 0 Å². The molecule has 4 aromatic rings. The summed E-state index contributed by atoms with van der Waals surface area (Å²) in [5, 5.41) is 14.4. The Bertz CT molecular complexity index is 1810. The van der Waals surface area contributed by atoms with Crippen LogP contribution in [0.1, 0.15) is 29.3 Å². The van der Waals surface area contributed by atoms with Gasteiger partial charge >= 0.3 is 0 Å². The van der Waals surface area contributed by atoms with Gasteiger partial charge in [0.1, 0.15) is 11.5 Å². The highest BCUT2D eigenvalue weighted by Gasteiger charge is 2.64. The van der Waals surface area contributed by atoms with Gasteiger partial charge in [-0.3, -0.25) is 14.5 Å². The van der Waals surface area contributed by atoms with Gasteiger partial charge in [-0.1, -0.05) is 61.6 Å². The molecule has 0 saturated carbocycles. The van der Waals surface area contributed by atoms with Gasteiger partial charge in [0.25, 0.3) is 11.8 Å². The van der Waals surface area contributed by atoms with Gasteiger partial charge in [-0.05, 0) is 66.6 Å². The Morgan fingerprint density at radius 2 is 1.67 bits per heavy atom. The molecule has 3 aliphatic rings. The maximum Gasteiger partial charge on any atom is 0.266 e. The number of carbonyl (C=O) groups is 2. The van der Waals surface area contributed by atoms with E-state index >= 15 is 0 Å². The lowest BCUT2D eigenvalue weighted by atomic mass is 9.82. The molecule has 0 bridgehead atoms. The second kappa shape index (κ2) is 10.9. The Kier molecular flexibility index (Phi) is 7.07. The molecule has 0 unspecified atom stereocenters. The lowest BCUT2D eigenvalue weighted by Gasteiger charge is -2.37. The number of benzene rings is 4. The SMILES string of the molecule is COc1ccc([Si](C)(C)[C@@H]2[C@@H](CCO)O[C@]3(C(=O)Nc4ccc(N5C(=O)c6ccccc6Oc6ccccc65)cc43)[C@H]2C)cc1. The quantitative estimate of drug-likeness (QED) is 0.245. The summed E-state index contributed by atoms with van der Waals surface area (Å²) in [6.45, 7) is 6.65. The van der Waals surface area contributed by atoms with E-state index in [9.17, 15) is 14.7 Å². The van der Waals surface area contributed by atoms with E-state index in [2.05, 4.69) is 37.5 Å². The Labute approximate surface area is 263 Å². The summed E-state index contributed by atoms with van der Waals surface area (Å²) in [5.74, 6) is 1.17. The number of hydrogen-bond donors (Lipinski definition) is 2. The summed E-state index contributed by atoms with van der Waals surface area (Å²) in [4.78, 5) is 29.9. The van der Waals surface area contributed by atoms with E-state index in [-0.39, 0.29) is 36.0 Å². The molecule has 1 fully saturated rings. The number of aliphatic hydroxyl groups excluding tert-OH is 1. The molecular formula is C36H36N2O6Si. The fourth-order valence-electron chi connectivity index (χ4n) is 7.72. The van der Waals surface area contributed by atoms with Gasteiger partial charge in [-0.15, -0.1) is 0 Å².